The maximum Gasteiger partial charge on any atom is 0.184 e. The highest BCUT2D eigenvalue weighted by molar-refractivity contribution is 7.97. The van der Waals surface area contributed by atoms with E-state index in [9.17, 15) is 0 Å². The van der Waals surface area contributed by atoms with E-state index in [1.165, 1.54) is 11.9 Å². The first-order valence-corrected chi connectivity index (χ1v) is 5.62. The Morgan fingerprint density at radius 1 is 1.36 bits per heavy atom. The van der Waals surface area contributed by atoms with Crippen LogP contribution in [0.1, 0.15) is 6.42 Å². The molecule has 0 saturated carbocycles. The van der Waals surface area contributed by atoms with Crippen LogP contribution >= 0.6 is 11.9 Å². The first-order chi connectivity index (χ1) is 6.95. The number of hydrogen-bond acceptors (Lipinski definition) is 3. The van der Waals surface area contributed by atoms with Crippen molar-refractivity contribution in [2.75, 3.05) is 6.54 Å². The Morgan fingerprint density at radius 3 is 3.29 bits per heavy atom. The summed E-state index contributed by atoms with van der Waals surface area (Å²) in [5.74, 6) is 0. The quantitative estimate of drug-likeness (QED) is 0.667. The molecular formula is C10H11N3S. The van der Waals surface area contributed by atoms with Crippen LogP contribution in [-0.4, -0.2) is 16.1 Å². The average molecular weight is 205 g/mol. The molecule has 2 aromatic rings. The number of nitrogens with one attached hydrogen (secondary N) is 1. The zero-order valence-electron chi connectivity index (χ0n) is 7.73. The standard InChI is InChI=1S/C10H11N3S/c1-2-5-9-8(4-1)12-10-13(9)7-3-6-11-14-10/h1-2,4-5,11H,3,6-7H2. The van der Waals surface area contributed by atoms with Gasteiger partial charge in [-0.15, -0.1) is 0 Å². The molecule has 2 heterocycles. The SMILES string of the molecule is c1ccc2c(c1)nc1n2CCCNS1. The van der Waals surface area contributed by atoms with Crippen LogP contribution in [0.5, 0.6) is 0 Å². The molecule has 3 nitrogen and oxygen atoms in total. The zero-order chi connectivity index (χ0) is 9.38. The van der Waals surface area contributed by atoms with Gasteiger partial charge in [-0.25, -0.2) is 4.98 Å². The topological polar surface area (TPSA) is 29.9 Å². The van der Waals surface area contributed by atoms with Gasteiger partial charge in [0.05, 0.1) is 11.0 Å². The lowest BCUT2D eigenvalue weighted by molar-refractivity contribution is 0.626. The van der Waals surface area contributed by atoms with Crippen LogP contribution in [0.4, 0.5) is 0 Å². The third-order valence-electron chi connectivity index (χ3n) is 2.44. The van der Waals surface area contributed by atoms with Crippen molar-refractivity contribution in [1.82, 2.24) is 14.3 Å². The summed E-state index contributed by atoms with van der Waals surface area (Å²) >= 11 is 1.64. The number of aromatic nitrogens is 2. The van der Waals surface area contributed by atoms with Crippen LogP contribution in [0.2, 0.25) is 0 Å². The van der Waals surface area contributed by atoms with Crippen molar-refractivity contribution in [2.45, 2.75) is 18.1 Å². The number of hydrogen-bond donors (Lipinski definition) is 1. The molecule has 0 fully saturated rings. The Morgan fingerprint density at radius 2 is 2.29 bits per heavy atom. The summed E-state index contributed by atoms with van der Waals surface area (Å²) in [6, 6.07) is 8.31. The predicted octanol–water partition coefficient (Wildman–Crippen LogP) is 2.04. The van der Waals surface area contributed by atoms with Crippen molar-refractivity contribution < 1.29 is 0 Å². The van der Waals surface area contributed by atoms with Crippen LogP contribution in [0.3, 0.4) is 0 Å². The van der Waals surface area contributed by atoms with Gasteiger partial charge >= 0.3 is 0 Å². The Kier molecular flexibility index (Phi) is 1.96. The van der Waals surface area contributed by atoms with Crippen LogP contribution in [0.25, 0.3) is 11.0 Å². The first kappa shape index (κ1) is 8.32. The molecule has 0 unspecified atom stereocenters. The van der Waals surface area contributed by atoms with Crippen molar-refractivity contribution in [3.63, 3.8) is 0 Å². The normalized spacial score (nSPS) is 16.6. The third kappa shape index (κ3) is 1.22. The van der Waals surface area contributed by atoms with E-state index in [0.29, 0.717) is 0 Å². The summed E-state index contributed by atoms with van der Waals surface area (Å²) in [4.78, 5) is 4.58. The molecule has 0 radical (unpaired) electrons. The van der Waals surface area contributed by atoms with Gasteiger partial charge in [-0.1, -0.05) is 12.1 Å². The van der Waals surface area contributed by atoms with E-state index in [0.717, 1.165) is 23.8 Å². The lowest BCUT2D eigenvalue weighted by Crippen LogP contribution is -2.02. The smallest absolute Gasteiger partial charge is 0.184 e. The predicted molar refractivity (Wildman–Crippen MR) is 58.2 cm³/mol. The van der Waals surface area contributed by atoms with Gasteiger partial charge in [-0.2, -0.15) is 0 Å². The second kappa shape index (κ2) is 3.29. The molecular weight excluding hydrogens is 194 g/mol. The second-order valence-electron chi connectivity index (χ2n) is 3.38. The van der Waals surface area contributed by atoms with Gasteiger partial charge < -0.3 is 4.57 Å². The van der Waals surface area contributed by atoms with Crippen molar-refractivity contribution in [2.24, 2.45) is 0 Å². The molecule has 0 amide bonds. The zero-order valence-corrected chi connectivity index (χ0v) is 8.55. The van der Waals surface area contributed by atoms with Gasteiger partial charge in [0.15, 0.2) is 5.16 Å². The van der Waals surface area contributed by atoms with E-state index in [1.54, 1.807) is 11.9 Å². The van der Waals surface area contributed by atoms with Crippen molar-refractivity contribution in [1.29, 1.82) is 0 Å². The fourth-order valence-electron chi connectivity index (χ4n) is 1.77. The van der Waals surface area contributed by atoms with E-state index < -0.39 is 0 Å². The fourth-order valence-corrected chi connectivity index (χ4v) is 2.59. The van der Waals surface area contributed by atoms with E-state index in [1.807, 2.05) is 6.07 Å². The molecule has 3 rings (SSSR count). The lowest BCUT2D eigenvalue weighted by Gasteiger charge is -2.01. The van der Waals surface area contributed by atoms with Gasteiger partial charge in [-0.05, 0) is 30.5 Å². The van der Waals surface area contributed by atoms with Gasteiger partial charge in [0.1, 0.15) is 0 Å². The molecule has 4 heteroatoms. The minimum atomic E-state index is 1.06. The minimum Gasteiger partial charge on any atom is -0.318 e. The van der Waals surface area contributed by atoms with Crippen molar-refractivity contribution in [3.05, 3.63) is 24.3 Å². The minimum absolute atomic E-state index is 1.06. The van der Waals surface area contributed by atoms with Crippen LogP contribution < -0.4 is 4.72 Å². The molecule has 0 bridgehead atoms. The lowest BCUT2D eigenvalue weighted by atomic mass is 10.3. The second-order valence-corrected chi connectivity index (χ2v) is 4.24. The van der Waals surface area contributed by atoms with Gasteiger partial charge in [0.2, 0.25) is 0 Å². The largest absolute Gasteiger partial charge is 0.318 e. The molecule has 1 aliphatic heterocycles. The third-order valence-corrected chi connectivity index (χ3v) is 3.29. The van der Waals surface area contributed by atoms with Crippen LogP contribution in [-0.2, 0) is 6.54 Å². The van der Waals surface area contributed by atoms with E-state index in [2.05, 4.69) is 32.5 Å². The highest BCUT2D eigenvalue weighted by atomic mass is 32.2. The molecule has 0 atom stereocenters. The molecule has 1 aromatic carbocycles. The highest BCUT2D eigenvalue weighted by Gasteiger charge is 2.12. The van der Waals surface area contributed by atoms with Gasteiger partial charge in [0.25, 0.3) is 0 Å². The molecule has 1 aliphatic rings. The number of fused-ring (bicyclic) bond motifs is 3. The number of benzene rings is 1. The first-order valence-electron chi connectivity index (χ1n) is 4.80. The maximum absolute atomic E-state index is 4.58. The Balaban J connectivity index is 2.24. The van der Waals surface area contributed by atoms with Crippen LogP contribution in [0.15, 0.2) is 29.4 Å². The highest BCUT2D eigenvalue weighted by Crippen LogP contribution is 2.24. The molecule has 72 valence electrons. The summed E-state index contributed by atoms with van der Waals surface area (Å²) in [6.45, 7) is 2.12. The summed E-state index contributed by atoms with van der Waals surface area (Å²) in [5, 5.41) is 1.09. The molecule has 0 saturated heterocycles. The number of rotatable bonds is 0. The molecule has 1 aromatic heterocycles. The Bertz CT molecular complexity index is 463. The summed E-state index contributed by atoms with van der Waals surface area (Å²) in [5.41, 5.74) is 2.34. The van der Waals surface area contributed by atoms with E-state index in [-0.39, 0.29) is 0 Å². The monoisotopic (exact) mass is 205 g/mol. The van der Waals surface area contributed by atoms with Crippen LogP contribution in [0, 0.1) is 0 Å². The Hall–Kier alpha value is -1.000. The molecule has 0 spiro atoms. The number of para-hydroxylation sites is 2. The summed E-state index contributed by atoms with van der Waals surface area (Å²) < 4.78 is 5.59. The van der Waals surface area contributed by atoms with E-state index >= 15 is 0 Å². The van der Waals surface area contributed by atoms with Gasteiger partial charge in [0, 0.05) is 13.1 Å². The number of aryl methyl sites for hydroxylation is 1. The van der Waals surface area contributed by atoms with Crippen molar-refractivity contribution in [3.8, 4) is 0 Å². The van der Waals surface area contributed by atoms with Crippen molar-refractivity contribution >= 4 is 23.0 Å². The van der Waals surface area contributed by atoms with E-state index in [4.69, 9.17) is 0 Å². The molecule has 14 heavy (non-hydrogen) atoms. The fraction of sp³-hybridized carbons (Fsp3) is 0.300. The Labute approximate surface area is 86.6 Å². The number of imidazole rings is 1. The number of nitrogens with zero attached hydrogens (tertiary/aromatic N) is 2. The molecule has 1 N–H and O–H groups in total. The summed E-state index contributed by atoms with van der Waals surface area (Å²) in [6.07, 6.45) is 1.17. The summed E-state index contributed by atoms with van der Waals surface area (Å²) in [7, 11) is 0. The maximum atomic E-state index is 4.58. The molecule has 0 aliphatic carbocycles. The average Bonchev–Trinajstić information content (AvgIpc) is 2.42. The van der Waals surface area contributed by atoms with Gasteiger partial charge in [-0.3, -0.25) is 4.72 Å².